The Morgan fingerprint density at radius 3 is 2.38 bits per heavy atom. The predicted molar refractivity (Wildman–Crippen MR) is 83.8 cm³/mol. The average molecular weight is 303 g/mol. The Balaban J connectivity index is 0.00000220. The zero-order chi connectivity index (χ0) is 14.2. The van der Waals surface area contributed by atoms with E-state index in [4.69, 9.17) is 4.74 Å². The summed E-state index contributed by atoms with van der Waals surface area (Å²) in [5.74, 6) is 0.879. The lowest BCUT2D eigenvalue weighted by Gasteiger charge is -2.14. The number of ether oxygens (including phenoxy) is 1. The molecule has 21 heavy (non-hydrogen) atoms. The molecule has 0 aliphatic heterocycles. The first-order valence-corrected chi connectivity index (χ1v) is 6.90. The molecule has 0 fully saturated rings. The molecule has 0 aliphatic carbocycles. The van der Waals surface area contributed by atoms with E-state index in [0.29, 0.717) is 12.6 Å². The first-order valence-electron chi connectivity index (χ1n) is 6.90. The molecule has 0 aromatic heterocycles. The quantitative estimate of drug-likeness (QED) is 0.774. The maximum absolute atomic E-state index is 5.47. The van der Waals surface area contributed by atoms with E-state index < -0.39 is 0 Å². The van der Waals surface area contributed by atoms with Crippen LogP contribution in [0, 0.1) is 0 Å². The van der Waals surface area contributed by atoms with Crippen molar-refractivity contribution in [3.63, 3.8) is 0 Å². The highest BCUT2D eigenvalue weighted by Crippen LogP contribution is 2.15. The van der Waals surface area contributed by atoms with E-state index >= 15 is 0 Å². The van der Waals surface area contributed by atoms with Crippen LogP contribution in [0.2, 0.25) is 0 Å². The van der Waals surface area contributed by atoms with Crippen molar-refractivity contribution < 1.29 is 17.1 Å². The minimum atomic E-state index is 0. The predicted octanol–water partition coefficient (Wildman–Crippen LogP) is 1.11. The highest BCUT2D eigenvalue weighted by atomic mass is 35.5. The lowest BCUT2D eigenvalue weighted by molar-refractivity contribution is -0.00000455. The van der Waals surface area contributed by atoms with Crippen molar-refractivity contribution in [2.75, 3.05) is 6.61 Å². The summed E-state index contributed by atoms with van der Waals surface area (Å²) in [4.78, 5) is 0. The molecule has 2 rings (SSSR count). The van der Waals surface area contributed by atoms with E-state index in [1.807, 2.05) is 18.2 Å². The van der Waals surface area contributed by atoms with Gasteiger partial charge in [0, 0.05) is 12.6 Å². The number of rotatable bonds is 7. The Morgan fingerprint density at radius 2 is 1.76 bits per heavy atom. The van der Waals surface area contributed by atoms with Crippen LogP contribution in [0.15, 0.2) is 67.3 Å². The summed E-state index contributed by atoms with van der Waals surface area (Å²) in [6, 6.07) is 19.0. The molecule has 3 heteroatoms. The third-order valence-electron chi connectivity index (χ3n) is 3.20. The first kappa shape index (κ1) is 17.3. The fourth-order valence-electron chi connectivity index (χ4n) is 1.99. The van der Waals surface area contributed by atoms with Gasteiger partial charge >= 0.3 is 0 Å². The summed E-state index contributed by atoms with van der Waals surface area (Å²) < 4.78 is 5.47. The molecular formula is C18H21ClNO-. The number of hydrogen-bond acceptors (Lipinski definition) is 2. The SMILES string of the molecule is C=CCOc1ccc(CNC(C)c2ccccc2)cc1.[Cl-]. The molecule has 2 nitrogen and oxygen atoms in total. The normalized spacial score (nSPS) is 11.3. The van der Waals surface area contributed by atoms with E-state index in [0.717, 1.165) is 12.3 Å². The smallest absolute Gasteiger partial charge is 0.119 e. The van der Waals surface area contributed by atoms with Gasteiger partial charge in [0.25, 0.3) is 0 Å². The van der Waals surface area contributed by atoms with Gasteiger partial charge in [0.2, 0.25) is 0 Å². The Kier molecular flexibility index (Phi) is 7.59. The largest absolute Gasteiger partial charge is 1.00 e. The van der Waals surface area contributed by atoms with Crippen molar-refractivity contribution in [3.05, 3.63) is 78.4 Å². The summed E-state index contributed by atoms with van der Waals surface area (Å²) in [5, 5.41) is 3.52. The van der Waals surface area contributed by atoms with E-state index in [2.05, 4.69) is 55.2 Å². The maximum atomic E-state index is 5.47. The molecule has 0 saturated heterocycles. The van der Waals surface area contributed by atoms with Gasteiger partial charge < -0.3 is 22.5 Å². The third-order valence-corrected chi connectivity index (χ3v) is 3.20. The lowest BCUT2D eigenvalue weighted by Crippen LogP contribution is -3.00. The molecule has 0 bridgehead atoms. The maximum Gasteiger partial charge on any atom is 0.119 e. The van der Waals surface area contributed by atoms with Crippen LogP contribution in [0.5, 0.6) is 5.75 Å². The highest BCUT2D eigenvalue weighted by Gasteiger charge is 2.03. The summed E-state index contributed by atoms with van der Waals surface area (Å²) in [6.45, 7) is 7.20. The molecule has 0 radical (unpaired) electrons. The average Bonchev–Trinajstić information content (AvgIpc) is 2.52. The van der Waals surface area contributed by atoms with E-state index in [-0.39, 0.29) is 12.4 Å². The van der Waals surface area contributed by atoms with Gasteiger partial charge in [-0.3, -0.25) is 0 Å². The van der Waals surface area contributed by atoms with Crippen molar-refractivity contribution in [1.29, 1.82) is 0 Å². The standard InChI is InChI=1S/C18H21NO.ClH/c1-3-13-20-18-11-9-16(10-12-18)14-19-15(2)17-7-5-4-6-8-17;/h3-12,15,19H,1,13-14H2,2H3;1H/p-1. The minimum Gasteiger partial charge on any atom is -1.00 e. The number of benzene rings is 2. The zero-order valence-corrected chi connectivity index (χ0v) is 13.0. The van der Waals surface area contributed by atoms with E-state index in [9.17, 15) is 0 Å². The molecular weight excluding hydrogens is 282 g/mol. The van der Waals surface area contributed by atoms with Crippen LogP contribution in [0.1, 0.15) is 24.1 Å². The Bertz CT molecular complexity index is 525. The van der Waals surface area contributed by atoms with Gasteiger partial charge in [0.15, 0.2) is 0 Å². The van der Waals surface area contributed by atoms with Crippen LogP contribution in [0.25, 0.3) is 0 Å². The fraction of sp³-hybridized carbons (Fsp3) is 0.222. The van der Waals surface area contributed by atoms with Gasteiger partial charge in [-0.1, -0.05) is 55.1 Å². The summed E-state index contributed by atoms with van der Waals surface area (Å²) in [7, 11) is 0. The third kappa shape index (κ3) is 5.62. The second-order valence-electron chi connectivity index (χ2n) is 4.76. The molecule has 1 atom stereocenters. The van der Waals surface area contributed by atoms with Crippen molar-refractivity contribution in [2.24, 2.45) is 0 Å². The van der Waals surface area contributed by atoms with Gasteiger partial charge in [0.05, 0.1) is 0 Å². The number of halogens is 1. The second kappa shape index (κ2) is 9.22. The van der Waals surface area contributed by atoms with Crippen LogP contribution in [0.3, 0.4) is 0 Å². The fourth-order valence-corrected chi connectivity index (χ4v) is 1.99. The topological polar surface area (TPSA) is 21.3 Å². The minimum absolute atomic E-state index is 0. The van der Waals surface area contributed by atoms with Crippen molar-refractivity contribution in [1.82, 2.24) is 5.32 Å². The van der Waals surface area contributed by atoms with E-state index in [1.165, 1.54) is 11.1 Å². The van der Waals surface area contributed by atoms with Crippen LogP contribution in [-0.4, -0.2) is 6.61 Å². The monoisotopic (exact) mass is 302 g/mol. The zero-order valence-electron chi connectivity index (χ0n) is 12.3. The van der Waals surface area contributed by atoms with Crippen LogP contribution < -0.4 is 22.5 Å². The van der Waals surface area contributed by atoms with E-state index in [1.54, 1.807) is 6.08 Å². The van der Waals surface area contributed by atoms with Crippen molar-refractivity contribution >= 4 is 0 Å². The Morgan fingerprint density at radius 1 is 1.10 bits per heavy atom. The highest BCUT2D eigenvalue weighted by molar-refractivity contribution is 5.27. The van der Waals surface area contributed by atoms with Gasteiger partial charge in [-0.25, -0.2) is 0 Å². The molecule has 0 heterocycles. The number of nitrogens with one attached hydrogen (secondary N) is 1. The Labute approximate surface area is 133 Å². The van der Waals surface area contributed by atoms with Gasteiger partial charge in [-0.15, -0.1) is 0 Å². The van der Waals surface area contributed by atoms with Gasteiger partial charge in [-0.05, 0) is 30.2 Å². The Hall–Kier alpha value is -1.77. The molecule has 0 saturated carbocycles. The summed E-state index contributed by atoms with van der Waals surface area (Å²) in [5.41, 5.74) is 2.55. The molecule has 0 amide bonds. The van der Waals surface area contributed by atoms with Crippen molar-refractivity contribution in [2.45, 2.75) is 19.5 Å². The summed E-state index contributed by atoms with van der Waals surface area (Å²) >= 11 is 0. The second-order valence-corrected chi connectivity index (χ2v) is 4.76. The van der Waals surface area contributed by atoms with Gasteiger partial charge in [0.1, 0.15) is 12.4 Å². The van der Waals surface area contributed by atoms with Crippen LogP contribution >= 0.6 is 0 Å². The first-order chi connectivity index (χ1) is 9.79. The molecule has 0 aliphatic rings. The summed E-state index contributed by atoms with van der Waals surface area (Å²) in [6.07, 6.45) is 1.75. The molecule has 1 unspecified atom stereocenters. The molecule has 2 aromatic carbocycles. The van der Waals surface area contributed by atoms with Crippen molar-refractivity contribution in [3.8, 4) is 5.75 Å². The number of hydrogen-bond donors (Lipinski definition) is 1. The van der Waals surface area contributed by atoms with Gasteiger partial charge in [-0.2, -0.15) is 0 Å². The molecule has 0 spiro atoms. The van der Waals surface area contributed by atoms with Crippen LogP contribution in [0.4, 0.5) is 0 Å². The lowest BCUT2D eigenvalue weighted by atomic mass is 10.1. The molecule has 1 N–H and O–H groups in total. The molecule has 112 valence electrons. The van der Waals surface area contributed by atoms with Crippen LogP contribution in [-0.2, 0) is 6.54 Å². The molecule has 2 aromatic rings.